The number of imide groups is 1. The SMILES string of the molecule is Cc1nccn1CCN1C(=O)CCCC1=O. The minimum Gasteiger partial charge on any atom is -0.333 e. The zero-order valence-corrected chi connectivity index (χ0v) is 9.35. The molecule has 0 N–H and O–H groups in total. The summed E-state index contributed by atoms with van der Waals surface area (Å²) in [5.41, 5.74) is 0. The van der Waals surface area contributed by atoms with E-state index >= 15 is 0 Å². The van der Waals surface area contributed by atoms with Crippen molar-refractivity contribution in [2.75, 3.05) is 6.54 Å². The first-order chi connectivity index (χ1) is 7.68. The van der Waals surface area contributed by atoms with E-state index in [-0.39, 0.29) is 11.8 Å². The number of carbonyl (C=O) groups excluding carboxylic acids is 2. The van der Waals surface area contributed by atoms with E-state index in [4.69, 9.17) is 0 Å². The standard InChI is InChI=1S/C11H15N3O2/c1-9-12-5-6-13(9)7-8-14-10(15)3-2-4-11(14)16/h5-6H,2-4,7-8H2,1H3. The number of hydrogen-bond donors (Lipinski definition) is 0. The van der Waals surface area contributed by atoms with Gasteiger partial charge in [-0.3, -0.25) is 14.5 Å². The van der Waals surface area contributed by atoms with E-state index in [9.17, 15) is 9.59 Å². The fourth-order valence-corrected chi connectivity index (χ4v) is 1.90. The van der Waals surface area contributed by atoms with Crippen LogP contribution in [0.4, 0.5) is 0 Å². The van der Waals surface area contributed by atoms with E-state index in [0.29, 0.717) is 32.4 Å². The lowest BCUT2D eigenvalue weighted by molar-refractivity contribution is -0.148. The maximum Gasteiger partial charge on any atom is 0.229 e. The molecule has 2 heterocycles. The van der Waals surface area contributed by atoms with Gasteiger partial charge in [0.05, 0.1) is 0 Å². The third-order valence-corrected chi connectivity index (χ3v) is 2.87. The molecule has 5 heteroatoms. The molecule has 0 radical (unpaired) electrons. The van der Waals surface area contributed by atoms with E-state index in [0.717, 1.165) is 5.82 Å². The number of carbonyl (C=O) groups is 2. The molecule has 1 aliphatic heterocycles. The van der Waals surface area contributed by atoms with Crippen molar-refractivity contribution in [2.24, 2.45) is 0 Å². The molecule has 2 amide bonds. The Balaban J connectivity index is 1.96. The zero-order chi connectivity index (χ0) is 11.5. The number of nitrogens with zero attached hydrogens (tertiary/aromatic N) is 3. The largest absolute Gasteiger partial charge is 0.333 e. The predicted octanol–water partition coefficient (Wildman–Crippen LogP) is 0.731. The van der Waals surface area contributed by atoms with Crippen LogP contribution in [-0.2, 0) is 16.1 Å². The molecule has 16 heavy (non-hydrogen) atoms. The molecule has 0 unspecified atom stereocenters. The first kappa shape index (κ1) is 10.9. The van der Waals surface area contributed by atoms with Gasteiger partial charge in [-0.2, -0.15) is 0 Å². The fraction of sp³-hybridized carbons (Fsp3) is 0.545. The Hall–Kier alpha value is -1.65. The normalized spacial score (nSPS) is 16.9. The van der Waals surface area contributed by atoms with Crippen molar-refractivity contribution in [3.8, 4) is 0 Å². The summed E-state index contributed by atoms with van der Waals surface area (Å²) in [7, 11) is 0. The van der Waals surface area contributed by atoms with Crippen molar-refractivity contribution < 1.29 is 9.59 Å². The molecule has 0 aromatic carbocycles. The van der Waals surface area contributed by atoms with Gasteiger partial charge in [0.15, 0.2) is 0 Å². The van der Waals surface area contributed by atoms with Crippen LogP contribution < -0.4 is 0 Å². The Kier molecular flexibility index (Phi) is 3.03. The number of likely N-dealkylation sites (tertiary alicyclic amines) is 1. The van der Waals surface area contributed by atoms with Gasteiger partial charge < -0.3 is 4.57 Å². The molecule has 1 aromatic rings. The third kappa shape index (κ3) is 2.13. The molecule has 1 aromatic heterocycles. The summed E-state index contributed by atoms with van der Waals surface area (Å²) in [4.78, 5) is 28.5. The van der Waals surface area contributed by atoms with Gasteiger partial charge in [0, 0.05) is 38.3 Å². The maximum atomic E-state index is 11.5. The van der Waals surface area contributed by atoms with Crippen LogP contribution in [0.5, 0.6) is 0 Å². The van der Waals surface area contributed by atoms with Crippen LogP contribution in [0.2, 0.25) is 0 Å². The van der Waals surface area contributed by atoms with Gasteiger partial charge in [-0.15, -0.1) is 0 Å². The summed E-state index contributed by atoms with van der Waals surface area (Å²) in [6, 6.07) is 0. The molecule has 1 saturated heterocycles. The highest BCUT2D eigenvalue weighted by Gasteiger charge is 2.25. The highest BCUT2D eigenvalue weighted by Crippen LogP contribution is 2.12. The van der Waals surface area contributed by atoms with Crippen molar-refractivity contribution in [2.45, 2.75) is 32.7 Å². The second-order valence-corrected chi connectivity index (χ2v) is 3.96. The first-order valence-electron chi connectivity index (χ1n) is 5.49. The van der Waals surface area contributed by atoms with Gasteiger partial charge in [0.1, 0.15) is 5.82 Å². The van der Waals surface area contributed by atoms with E-state index in [1.165, 1.54) is 4.90 Å². The summed E-state index contributed by atoms with van der Waals surface area (Å²) in [5.74, 6) is 0.806. The minimum absolute atomic E-state index is 0.0472. The molecule has 1 fully saturated rings. The number of hydrogen-bond acceptors (Lipinski definition) is 3. The number of aromatic nitrogens is 2. The highest BCUT2D eigenvalue weighted by atomic mass is 16.2. The predicted molar refractivity (Wildman–Crippen MR) is 57.5 cm³/mol. The smallest absolute Gasteiger partial charge is 0.229 e. The quantitative estimate of drug-likeness (QED) is 0.707. The van der Waals surface area contributed by atoms with Crippen molar-refractivity contribution in [3.05, 3.63) is 18.2 Å². The second kappa shape index (κ2) is 4.47. The molecule has 0 bridgehead atoms. The number of imidazole rings is 1. The summed E-state index contributed by atoms with van der Waals surface area (Å²) in [6.45, 7) is 2.98. The average molecular weight is 221 g/mol. The Morgan fingerprint density at radius 1 is 1.25 bits per heavy atom. The summed E-state index contributed by atoms with van der Waals surface area (Å²) >= 11 is 0. The Morgan fingerprint density at radius 3 is 2.50 bits per heavy atom. The summed E-state index contributed by atoms with van der Waals surface area (Å²) in [6.07, 6.45) is 5.25. The number of amides is 2. The van der Waals surface area contributed by atoms with Crippen LogP contribution in [0, 0.1) is 6.92 Å². The topological polar surface area (TPSA) is 55.2 Å². The van der Waals surface area contributed by atoms with Crippen LogP contribution >= 0.6 is 0 Å². The van der Waals surface area contributed by atoms with Crippen molar-refractivity contribution >= 4 is 11.8 Å². The molecule has 0 saturated carbocycles. The minimum atomic E-state index is -0.0472. The highest BCUT2D eigenvalue weighted by molar-refractivity contribution is 5.97. The van der Waals surface area contributed by atoms with Gasteiger partial charge in [0.2, 0.25) is 11.8 Å². The van der Waals surface area contributed by atoms with Crippen LogP contribution in [0.15, 0.2) is 12.4 Å². The molecule has 1 aliphatic rings. The average Bonchev–Trinajstić information content (AvgIpc) is 2.64. The third-order valence-electron chi connectivity index (χ3n) is 2.87. The number of piperidine rings is 1. The molecular weight excluding hydrogens is 206 g/mol. The van der Waals surface area contributed by atoms with Crippen molar-refractivity contribution in [1.82, 2.24) is 14.5 Å². The molecule has 5 nitrogen and oxygen atoms in total. The number of rotatable bonds is 3. The van der Waals surface area contributed by atoms with Gasteiger partial charge in [-0.25, -0.2) is 4.98 Å². The molecule has 0 aliphatic carbocycles. The van der Waals surface area contributed by atoms with Crippen LogP contribution in [0.1, 0.15) is 25.1 Å². The van der Waals surface area contributed by atoms with Crippen LogP contribution in [0.25, 0.3) is 0 Å². The van der Waals surface area contributed by atoms with E-state index in [1.807, 2.05) is 17.7 Å². The Morgan fingerprint density at radius 2 is 1.94 bits per heavy atom. The second-order valence-electron chi connectivity index (χ2n) is 3.96. The molecular formula is C11H15N3O2. The summed E-state index contributed by atoms with van der Waals surface area (Å²) in [5, 5.41) is 0. The van der Waals surface area contributed by atoms with Crippen LogP contribution in [0.3, 0.4) is 0 Å². The van der Waals surface area contributed by atoms with Gasteiger partial charge >= 0.3 is 0 Å². The van der Waals surface area contributed by atoms with E-state index in [1.54, 1.807) is 6.20 Å². The Labute approximate surface area is 94.1 Å². The lowest BCUT2D eigenvalue weighted by Gasteiger charge is -2.25. The lowest BCUT2D eigenvalue weighted by atomic mass is 10.1. The maximum absolute atomic E-state index is 11.5. The number of aryl methyl sites for hydroxylation is 1. The van der Waals surface area contributed by atoms with E-state index in [2.05, 4.69) is 4.98 Å². The molecule has 86 valence electrons. The van der Waals surface area contributed by atoms with Crippen molar-refractivity contribution in [3.63, 3.8) is 0 Å². The van der Waals surface area contributed by atoms with E-state index < -0.39 is 0 Å². The fourth-order valence-electron chi connectivity index (χ4n) is 1.90. The van der Waals surface area contributed by atoms with Gasteiger partial charge in [0.25, 0.3) is 0 Å². The van der Waals surface area contributed by atoms with Crippen molar-refractivity contribution in [1.29, 1.82) is 0 Å². The monoisotopic (exact) mass is 221 g/mol. The Bertz CT molecular complexity index is 395. The molecule has 0 spiro atoms. The van der Waals surface area contributed by atoms with Crippen LogP contribution in [-0.4, -0.2) is 32.8 Å². The van der Waals surface area contributed by atoms with Gasteiger partial charge in [-0.05, 0) is 13.3 Å². The lowest BCUT2D eigenvalue weighted by Crippen LogP contribution is -2.41. The zero-order valence-electron chi connectivity index (χ0n) is 9.35. The molecule has 0 atom stereocenters. The molecule has 2 rings (SSSR count). The van der Waals surface area contributed by atoms with Gasteiger partial charge in [-0.1, -0.05) is 0 Å². The summed E-state index contributed by atoms with van der Waals surface area (Å²) < 4.78 is 1.94. The first-order valence-corrected chi connectivity index (χ1v) is 5.49.